The van der Waals surface area contributed by atoms with Crippen molar-refractivity contribution in [1.82, 2.24) is 15.0 Å². The molecule has 0 spiro atoms. The van der Waals surface area contributed by atoms with Crippen molar-refractivity contribution in [3.63, 3.8) is 0 Å². The Morgan fingerprint density at radius 2 is 1.19 bits per heavy atom. The van der Waals surface area contributed by atoms with Gasteiger partial charge in [-0.25, -0.2) is 19.3 Å². The smallest absolute Gasteiger partial charge is 0.212 e. The largest absolute Gasteiger partial charge is 0.469 e. The van der Waals surface area contributed by atoms with Crippen molar-refractivity contribution in [3.8, 4) is 39.7 Å². The molecule has 5 heteroatoms. The van der Waals surface area contributed by atoms with E-state index in [1.807, 2.05) is 72.8 Å². The van der Waals surface area contributed by atoms with Crippen LogP contribution in [0.2, 0.25) is 0 Å². The minimum Gasteiger partial charge on any atom is -0.469 e. The van der Waals surface area contributed by atoms with E-state index in [9.17, 15) is 4.39 Å². The number of hydrogen-bond acceptors (Lipinski definition) is 4. The van der Waals surface area contributed by atoms with Crippen molar-refractivity contribution < 1.29 is 9.13 Å². The van der Waals surface area contributed by atoms with Gasteiger partial charge in [0.05, 0.1) is 0 Å². The lowest BCUT2D eigenvalue weighted by atomic mass is 9.77. The second kappa shape index (κ2) is 10.5. The third-order valence-electron chi connectivity index (χ3n) is 9.75. The average Bonchev–Trinajstić information content (AvgIpc) is 3.39. The number of rotatable bonds is 4. The Bertz CT molecular complexity index is 2350. The maximum Gasteiger partial charge on any atom is 0.212 e. The van der Waals surface area contributed by atoms with Gasteiger partial charge in [-0.1, -0.05) is 141 Å². The van der Waals surface area contributed by atoms with Gasteiger partial charge in [0.2, 0.25) is 5.60 Å². The van der Waals surface area contributed by atoms with Crippen molar-refractivity contribution in [2.75, 3.05) is 0 Å². The molecule has 230 valence electrons. The van der Waals surface area contributed by atoms with Crippen LogP contribution in [0.5, 0.6) is 5.75 Å². The van der Waals surface area contributed by atoms with Gasteiger partial charge >= 0.3 is 0 Å². The predicted octanol–water partition coefficient (Wildman–Crippen LogP) is 10.2. The lowest BCUT2D eigenvalue weighted by Crippen LogP contribution is -2.37. The minimum atomic E-state index is -1.29. The zero-order chi connectivity index (χ0) is 32.5. The van der Waals surface area contributed by atoms with Crippen molar-refractivity contribution in [2.45, 2.75) is 24.9 Å². The maximum atomic E-state index is 14.5. The molecule has 9 rings (SSSR count). The van der Waals surface area contributed by atoms with Gasteiger partial charge in [0.25, 0.3) is 0 Å². The average molecular weight is 624 g/mol. The summed E-state index contributed by atoms with van der Waals surface area (Å²) >= 11 is 0. The molecule has 0 saturated carbocycles. The molecule has 1 aromatic heterocycles. The Morgan fingerprint density at radius 3 is 1.85 bits per heavy atom. The molecule has 48 heavy (non-hydrogen) atoms. The predicted molar refractivity (Wildman–Crippen MR) is 189 cm³/mol. The Hall–Kier alpha value is -5.94. The van der Waals surface area contributed by atoms with Gasteiger partial charge in [-0.3, -0.25) is 0 Å². The Balaban J connectivity index is 1.35. The van der Waals surface area contributed by atoms with Gasteiger partial charge in [0.1, 0.15) is 11.6 Å². The van der Waals surface area contributed by atoms with Gasteiger partial charge in [-0.2, -0.15) is 0 Å². The number of hydrogen-bond donors (Lipinski definition) is 0. The van der Waals surface area contributed by atoms with E-state index in [2.05, 4.69) is 62.4 Å². The molecule has 1 atom stereocenters. The third-order valence-corrected chi connectivity index (χ3v) is 9.75. The summed E-state index contributed by atoms with van der Waals surface area (Å²) in [5.41, 5.74) is 6.91. The molecular formula is C43H30FN3O. The topological polar surface area (TPSA) is 47.9 Å². The van der Waals surface area contributed by atoms with E-state index in [1.165, 1.54) is 34.4 Å². The molecule has 0 radical (unpaired) electrons. The second-order valence-electron chi connectivity index (χ2n) is 12.9. The molecular weight excluding hydrogens is 593 g/mol. The fourth-order valence-corrected chi connectivity index (χ4v) is 7.48. The molecule has 6 aromatic carbocycles. The van der Waals surface area contributed by atoms with Crippen LogP contribution >= 0.6 is 0 Å². The molecule has 0 bridgehead atoms. The van der Waals surface area contributed by atoms with Crippen LogP contribution in [0.4, 0.5) is 4.39 Å². The molecule has 2 heterocycles. The van der Waals surface area contributed by atoms with E-state index in [0.717, 1.165) is 33.2 Å². The molecule has 0 amide bonds. The summed E-state index contributed by atoms with van der Waals surface area (Å²) in [4.78, 5) is 15.2. The van der Waals surface area contributed by atoms with Crippen molar-refractivity contribution in [1.29, 1.82) is 0 Å². The first-order chi connectivity index (χ1) is 23.4. The highest BCUT2D eigenvalue weighted by Gasteiger charge is 2.45. The first-order valence-electron chi connectivity index (χ1n) is 16.1. The molecule has 1 aliphatic heterocycles. The highest BCUT2D eigenvalue weighted by molar-refractivity contribution is 6.08. The molecule has 1 aliphatic carbocycles. The molecule has 0 saturated heterocycles. The number of halogens is 1. The van der Waals surface area contributed by atoms with Crippen LogP contribution in [0.3, 0.4) is 0 Å². The molecule has 4 nitrogen and oxygen atoms in total. The number of fused-ring (bicyclic) bond motifs is 8. The Morgan fingerprint density at radius 1 is 0.604 bits per heavy atom. The summed E-state index contributed by atoms with van der Waals surface area (Å²) in [6, 6.07) is 43.3. The lowest BCUT2D eigenvalue weighted by Gasteiger charge is -2.37. The van der Waals surface area contributed by atoms with Crippen molar-refractivity contribution in [3.05, 3.63) is 173 Å². The van der Waals surface area contributed by atoms with Crippen LogP contribution in [0.15, 0.2) is 140 Å². The summed E-state index contributed by atoms with van der Waals surface area (Å²) in [6.45, 7) is 4.57. The van der Waals surface area contributed by atoms with Crippen LogP contribution in [0.25, 0.3) is 50.8 Å². The summed E-state index contributed by atoms with van der Waals surface area (Å²) < 4.78 is 21.8. The van der Waals surface area contributed by atoms with Crippen LogP contribution in [-0.4, -0.2) is 15.0 Å². The van der Waals surface area contributed by atoms with E-state index >= 15 is 0 Å². The van der Waals surface area contributed by atoms with Gasteiger partial charge in [-0.15, -0.1) is 0 Å². The summed E-state index contributed by atoms with van der Waals surface area (Å²) in [5, 5.41) is 2.12. The lowest BCUT2D eigenvalue weighted by molar-refractivity contribution is 0.152. The van der Waals surface area contributed by atoms with E-state index in [0.29, 0.717) is 23.0 Å². The van der Waals surface area contributed by atoms with Gasteiger partial charge in [0.15, 0.2) is 17.5 Å². The fourth-order valence-electron chi connectivity index (χ4n) is 7.48. The van der Waals surface area contributed by atoms with Crippen LogP contribution < -0.4 is 4.74 Å². The molecule has 0 fully saturated rings. The van der Waals surface area contributed by atoms with E-state index < -0.39 is 5.60 Å². The summed E-state index contributed by atoms with van der Waals surface area (Å²) in [6.07, 6.45) is 4.20. The highest BCUT2D eigenvalue weighted by Crippen LogP contribution is 2.57. The number of ether oxygens (including phenoxy) is 1. The molecule has 2 aliphatic rings. The molecule has 0 N–H and O–H groups in total. The SMILES string of the molecule is CC1(C)c2ccccc2-c2c1c1c(c3ccccc23)OC(c2ccc(F)cc2)(c2nc(-c3ccccc3)nc(-c3ccccc3)n2)C=C1. The first-order valence-corrected chi connectivity index (χ1v) is 16.1. The standard InChI is InChI=1S/C43H30FN3O/c1-42(2)35-20-12-11-19-33(35)36-31-17-9-10-18-32(31)38-34(37(36)42)25-26-43(48-38,29-21-23-30(44)24-22-29)41-46-39(27-13-5-3-6-14-27)45-40(47-41)28-15-7-4-8-16-28/h3-26H,1-2H3. The zero-order valence-electron chi connectivity index (χ0n) is 26.5. The van der Waals surface area contributed by atoms with E-state index in [4.69, 9.17) is 19.7 Å². The monoisotopic (exact) mass is 623 g/mol. The van der Waals surface area contributed by atoms with Crippen LogP contribution in [0, 0.1) is 5.82 Å². The van der Waals surface area contributed by atoms with Gasteiger partial charge < -0.3 is 4.74 Å². The van der Waals surface area contributed by atoms with Crippen LogP contribution in [-0.2, 0) is 11.0 Å². The highest BCUT2D eigenvalue weighted by atomic mass is 19.1. The summed E-state index contributed by atoms with van der Waals surface area (Å²) in [5.74, 6) is 1.89. The van der Waals surface area contributed by atoms with E-state index in [-0.39, 0.29) is 11.2 Å². The Kier molecular flexibility index (Phi) is 6.21. The summed E-state index contributed by atoms with van der Waals surface area (Å²) in [7, 11) is 0. The fraction of sp³-hybridized carbons (Fsp3) is 0.0930. The normalized spacial score (nSPS) is 17.0. The zero-order valence-corrected chi connectivity index (χ0v) is 26.5. The Labute approximate surface area is 278 Å². The second-order valence-corrected chi connectivity index (χ2v) is 12.9. The quantitative estimate of drug-likeness (QED) is 0.196. The molecule has 1 unspecified atom stereocenters. The van der Waals surface area contributed by atoms with Gasteiger partial charge in [-0.05, 0) is 45.8 Å². The van der Waals surface area contributed by atoms with Crippen molar-refractivity contribution in [2.24, 2.45) is 0 Å². The minimum absolute atomic E-state index is 0.266. The molecule has 7 aromatic rings. The van der Waals surface area contributed by atoms with Crippen LogP contribution in [0.1, 0.15) is 41.9 Å². The number of nitrogens with zero attached hydrogens (tertiary/aromatic N) is 3. The number of aromatic nitrogens is 3. The third kappa shape index (κ3) is 4.17. The van der Waals surface area contributed by atoms with Gasteiger partial charge in [0, 0.05) is 33.1 Å². The van der Waals surface area contributed by atoms with Crippen molar-refractivity contribution >= 4 is 16.8 Å². The number of benzene rings is 6. The maximum absolute atomic E-state index is 14.5. The first kappa shape index (κ1) is 28.3. The van der Waals surface area contributed by atoms with E-state index in [1.54, 1.807) is 12.1 Å².